The van der Waals surface area contributed by atoms with E-state index in [-0.39, 0.29) is 5.91 Å². The second kappa shape index (κ2) is 5.78. The first kappa shape index (κ1) is 15.1. The maximum absolute atomic E-state index is 12.6. The van der Waals surface area contributed by atoms with Gasteiger partial charge in [-0.15, -0.1) is 11.3 Å². The number of hydrogen-bond donors (Lipinski definition) is 1. The van der Waals surface area contributed by atoms with Crippen molar-refractivity contribution in [2.75, 3.05) is 5.32 Å². The van der Waals surface area contributed by atoms with Crippen LogP contribution in [0.2, 0.25) is 4.34 Å². The van der Waals surface area contributed by atoms with Gasteiger partial charge < -0.3 is 9.88 Å². The molecule has 22 heavy (non-hydrogen) atoms. The van der Waals surface area contributed by atoms with Crippen molar-refractivity contribution in [1.29, 1.82) is 0 Å². The number of thiophene rings is 1. The maximum atomic E-state index is 12.6. The van der Waals surface area contributed by atoms with Crippen LogP contribution in [0.25, 0.3) is 10.2 Å². The summed E-state index contributed by atoms with van der Waals surface area (Å²) in [5, 5.41) is 2.98. The Hall–Kier alpha value is -1.78. The Morgan fingerprint density at radius 1 is 1.23 bits per heavy atom. The van der Waals surface area contributed by atoms with Gasteiger partial charge in [0.05, 0.1) is 14.6 Å². The fraction of sp³-hybridized carbons (Fsp3) is 0.235. The van der Waals surface area contributed by atoms with E-state index < -0.39 is 0 Å². The SMILES string of the molecule is CCn1c(C(=O)Nc2ccc(C)c(C)c2)cc2sc(Cl)cc21. The molecule has 0 spiro atoms. The predicted molar refractivity (Wildman–Crippen MR) is 94.4 cm³/mol. The van der Waals surface area contributed by atoms with Crippen molar-refractivity contribution in [2.45, 2.75) is 27.3 Å². The highest BCUT2D eigenvalue weighted by Crippen LogP contribution is 2.32. The lowest BCUT2D eigenvalue weighted by Crippen LogP contribution is -2.16. The molecule has 114 valence electrons. The number of halogens is 1. The molecule has 0 aliphatic rings. The Kier molecular flexibility index (Phi) is 3.98. The molecule has 0 saturated heterocycles. The van der Waals surface area contributed by atoms with Gasteiger partial charge in [-0.1, -0.05) is 17.7 Å². The van der Waals surface area contributed by atoms with Crippen LogP contribution in [0.3, 0.4) is 0 Å². The third kappa shape index (κ3) is 2.64. The molecule has 1 N–H and O–H groups in total. The van der Waals surface area contributed by atoms with Crippen molar-refractivity contribution in [1.82, 2.24) is 4.57 Å². The van der Waals surface area contributed by atoms with Crippen LogP contribution >= 0.6 is 22.9 Å². The van der Waals surface area contributed by atoms with Crippen LogP contribution in [0.15, 0.2) is 30.3 Å². The van der Waals surface area contributed by atoms with Gasteiger partial charge in [0, 0.05) is 12.2 Å². The van der Waals surface area contributed by atoms with Crippen LogP contribution in [0.1, 0.15) is 28.5 Å². The van der Waals surface area contributed by atoms with Gasteiger partial charge in [-0.05, 0) is 56.2 Å². The Morgan fingerprint density at radius 3 is 2.68 bits per heavy atom. The molecule has 0 fully saturated rings. The lowest BCUT2D eigenvalue weighted by atomic mass is 10.1. The van der Waals surface area contributed by atoms with Gasteiger partial charge in [0.25, 0.3) is 5.91 Å². The van der Waals surface area contributed by atoms with Gasteiger partial charge in [-0.25, -0.2) is 0 Å². The van der Waals surface area contributed by atoms with E-state index in [2.05, 4.69) is 12.2 Å². The minimum Gasteiger partial charge on any atom is -0.336 e. The molecule has 3 rings (SSSR count). The van der Waals surface area contributed by atoms with Gasteiger partial charge >= 0.3 is 0 Å². The molecule has 0 radical (unpaired) electrons. The number of anilines is 1. The summed E-state index contributed by atoms with van der Waals surface area (Å²) >= 11 is 7.55. The molecule has 3 nitrogen and oxygen atoms in total. The maximum Gasteiger partial charge on any atom is 0.272 e. The molecular formula is C17H17ClN2OS. The lowest BCUT2D eigenvalue weighted by Gasteiger charge is -2.10. The number of amides is 1. The highest BCUT2D eigenvalue weighted by molar-refractivity contribution is 7.22. The smallest absolute Gasteiger partial charge is 0.272 e. The van der Waals surface area contributed by atoms with Crippen LogP contribution in [0.4, 0.5) is 5.69 Å². The summed E-state index contributed by atoms with van der Waals surface area (Å²) in [5.74, 6) is -0.0929. The summed E-state index contributed by atoms with van der Waals surface area (Å²) < 4.78 is 3.78. The predicted octanol–water partition coefficient (Wildman–Crippen LogP) is 5.25. The highest BCUT2D eigenvalue weighted by Gasteiger charge is 2.17. The Balaban J connectivity index is 1.94. The first-order valence-electron chi connectivity index (χ1n) is 7.16. The lowest BCUT2D eigenvalue weighted by molar-refractivity contribution is 0.101. The molecule has 3 aromatic rings. The Bertz CT molecular complexity index is 863. The van der Waals surface area contributed by atoms with E-state index in [4.69, 9.17) is 11.6 Å². The molecule has 0 aliphatic carbocycles. The molecule has 5 heteroatoms. The number of carbonyl (C=O) groups excluding carboxylic acids is 1. The largest absolute Gasteiger partial charge is 0.336 e. The zero-order valence-electron chi connectivity index (χ0n) is 12.7. The zero-order chi connectivity index (χ0) is 15.9. The van der Waals surface area contributed by atoms with Crippen molar-refractivity contribution in [2.24, 2.45) is 0 Å². The van der Waals surface area contributed by atoms with E-state index in [1.807, 2.05) is 48.7 Å². The van der Waals surface area contributed by atoms with Crippen molar-refractivity contribution in [3.8, 4) is 0 Å². The number of nitrogens with one attached hydrogen (secondary N) is 1. The van der Waals surface area contributed by atoms with Gasteiger partial charge in [0.1, 0.15) is 5.69 Å². The second-order valence-electron chi connectivity index (χ2n) is 5.33. The molecular weight excluding hydrogens is 316 g/mol. The molecule has 0 saturated carbocycles. The second-order valence-corrected chi connectivity index (χ2v) is 7.04. The van der Waals surface area contributed by atoms with E-state index >= 15 is 0 Å². The summed E-state index contributed by atoms with van der Waals surface area (Å²) in [6.07, 6.45) is 0. The van der Waals surface area contributed by atoms with E-state index in [1.54, 1.807) is 0 Å². The number of aromatic nitrogens is 1. The number of rotatable bonds is 3. The highest BCUT2D eigenvalue weighted by atomic mass is 35.5. The van der Waals surface area contributed by atoms with Crippen molar-refractivity contribution >= 4 is 44.7 Å². The number of aryl methyl sites for hydroxylation is 3. The van der Waals surface area contributed by atoms with Gasteiger partial charge in [0.2, 0.25) is 0 Å². The van der Waals surface area contributed by atoms with Crippen LogP contribution < -0.4 is 5.32 Å². The number of fused-ring (bicyclic) bond motifs is 1. The number of carbonyl (C=O) groups is 1. The van der Waals surface area contributed by atoms with Crippen LogP contribution in [-0.4, -0.2) is 10.5 Å². The summed E-state index contributed by atoms with van der Waals surface area (Å²) in [6, 6.07) is 9.76. The summed E-state index contributed by atoms with van der Waals surface area (Å²) in [6.45, 7) is 6.85. The Morgan fingerprint density at radius 2 is 2.00 bits per heavy atom. The fourth-order valence-electron chi connectivity index (χ4n) is 2.55. The number of benzene rings is 1. The normalized spacial score (nSPS) is 11.1. The van der Waals surface area contributed by atoms with Crippen molar-refractivity contribution in [3.05, 3.63) is 51.5 Å². The third-order valence-electron chi connectivity index (χ3n) is 3.87. The van der Waals surface area contributed by atoms with Gasteiger partial charge in [-0.3, -0.25) is 4.79 Å². The van der Waals surface area contributed by atoms with Gasteiger partial charge in [0.15, 0.2) is 0 Å². The average molecular weight is 333 g/mol. The first-order chi connectivity index (χ1) is 10.5. The minimum absolute atomic E-state index is 0.0929. The molecule has 2 heterocycles. The topological polar surface area (TPSA) is 34.0 Å². The van der Waals surface area contributed by atoms with E-state index in [1.165, 1.54) is 16.9 Å². The van der Waals surface area contributed by atoms with Crippen LogP contribution in [0.5, 0.6) is 0 Å². The quantitative estimate of drug-likeness (QED) is 0.698. The van der Waals surface area contributed by atoms with E-state index in [9.17, 15) is 4.79 Å². The molecule has 1 amide bonds. The molecule has 0 bridgehead atoms. The van der Waals surface area contributed by atoms with E-state index in [0.717, 1.165) is 32.3 Å². The Labute approximate surface area is 138 Å². The minimum atomic E-state index is -0.0929. The van der Waals surface area contributed by atoms with Gasteiger partial charge in [-0.2, -0.15) is 0 Å². The van der Waals surface area contributed by atoms with Crippen molar-refractivity contribution < 1.29 is 4.79 Å². The number of nitrogens with zero attached hydrogens (tertiary/aromatic N) is 1. The molecule has 1 aromatic carbocycles. The molecule has 0 aliphatic heterocycles. The molecule has 0 atom stereocenters. The first-order valence-corrected chi connectivity index (χ1v) is 8.36. The average Bonchev–Trinajstić information content (AvgIpc) is 2.98. The molecule has 0 unspecified atom stereocenters. The summed E-state index contributed by atoms with van der Waals surface area (Å²) in [4.78, 5) is 12.6. The number of hydrogen-bond acceptors (Lipinski definition) is 2. The molecule has 2 aromatic heterocycles. The monoisotopic (exact) mass is 332 g/mol. The standard InChI is InChI=1S/C17H17ClN2OS/c1-4-20-13-9-16(18)22-15(13)8-14(20)17(21)19-12-6-5-10(2)11(3)7-12/h5-9H,4H2,1-3H3,(H,19,21). The van der Waals surface area contributed by atoms with Crippen LogP contribution in [-0.2, 0) is 6.54 Å². The third-order valence-corrected chi connectivity index (χ3v) is 5.07. The van der Waals surface area contributed by atoms with Crippen LogP contribution in [0, 0.1) is 13.8 Å². The zero-order valence-corrected chi connectivity index (χ0v) is 14.3. The van der Waals surface area contributed by atoms with E-state index in [0.29, 0.717) is 5.69 Å². The summed E-state index contributed by atoms with van der Waals surface area (Å²) in [7, 11) is 0. The fourth-order valence-corrected chi connectivity index (χ4v) is 3.73. The van der Waals surface area contributed by atoms with Crippen molar-refractivity contribution in [3.63, 3.8) is 0 Å². The summed E-state index contributed by atoms with van der Waals surface area (Å²) in [5.41, 5.74) is 4.88.